The van der Waals surface area contributed by atoms with Gasteiger partial charge in [-0.25, -0.2) is 0 Å². The van der Waals surface area contributed by atoms with Crippen LogP contribution in [0.25, 0.3) is 0 Å². The third kappa shape index (κ3) is 1.71. The van der Waals surface area contributed by atoms with Gasteiger partial charge in [-0.05, 0) is 45.1 Å². The maximum Gasteiger partial charge on any atom is 0.0366 e. The average molecular weight is 216 g/mol. The molecule has 0 aliphatic carbocycles. The van der Waals surface area contributed by atoms with Crippen LogP contribution >= 0.6 is 0 Å². The summed E-state index contributed by atoms with van der Waals surface area (Å²) in [6, 6.07) is 10.8. The maximum absolute atomic E-state index is 2.52. The van der Waals surface area contributed by atoms with E-state index in [9.17, 15) is 0 Å². The molecule has 0 unspecified atom stereocenters. The van der Waals surface area contributed by atoms with Gasteiger partial charge in [0.1, 0.15) is 0 Å². The number of rotatable bonds is 1. The fraction of sp³-hybridized carbons (Fsp3) is 0.571. The normalized spacial score (nSPS) is 24.4. The molecule has 2 nitrogen and oxygen atoms in total. The first kappa shape index (κ1) is 10.2. The Morgan fingerprint density at radius 2 is 1.62 bits per heavy atom. The summed E-state index contributed by atoms with van der Waals surface area (Å²) in [5.41, 5.74) is 2.04. The zero-order chi connectivity index (χ0) is 11.0. The predicted octanol–water partition coefficient (Wildman–Crippen LogP) is 2.22. The molecule has 0 radical (unpaired) electrons. The van der Waals surface area contributed by atoms with Crippen LogP contribution in [-0.2, 0) is 0 Å². The van der Waals surface area contributed by atoms with Crippen molar-refractivity contribution >= 4 is 5.69 Å². The van der Waals surface area contributed by atoms with Gasteiger partial charge >= 0.3 is 0 Å². The van der Waals surface area contributed by atoms with Gasteiger partial charge in [-0.1, -0.05) is 18.2 Å². The Kier molecular flexibility index (Phi) is 2.40. The molecule has 0 bridgehead atoms. The van der Waals surface area contributed by atoms with Gasteiger partial charge in [0, 0.05) is 24.2 Å². The molecule has 2 aliphatic rings. The summed E-state index contributed by atoms with van der Waals surface area (Å²) in [6.45, 7) is 5.10. The second kappa shape index (κ2) is 3.77. The summed E-state index contributed by atoms with van der Waals surface area (Å²) < 4.78 is 0. The van der Waals surface area contributed by atoms with Crippen LogP contribution < -0.4 is 4.90 Å². The van der Waals surface area contributed by atoms with Crippen molar-refractivity contribution in [2.45, 2.75) is 12.8 Å². The van der Waals surface area contributed by atoms with Crippen molar-refractivity contribution in [1.29, 1.82) is 0 Å². The second-order valence-electron chi connectivity index (χ2n) is 5.49. The molecule has 2 heterocycles. The lowest BCUT2D eigenvalue weighted by Crippen LogP contribution is -2.60. The minimum Gasteiger partial charge on any atom is -0.370 e. The Labute approximate surface area is 97.9 Å². The van der Waals surface area contributed by atoms with Crippen LogP contribution in [0.3, 0.4) is 0 Å². The van der Waals surface area contributed by atoms with Gasteiger partial charge in [-0.15, -0.1) is 0 Å². The third-order valence-corrected chi connectivity index (χ3v) is 4.22. The highest BCUT2D eigenvalue weighted by Crippen LogP contribution is 2.42. The molecule has 1 aromatic rings. The first-order chi connectivity index (χ1) is 7.77. The van der Waals surface area contributed by atoms with Gasteiger partial charge in [0.05, 0.1) is 0 Å². The molecule has 1 spiro atoms. The van der Waals surface area contributed by atoms with Crippen molar-refractivity contribution in [1.82, 2.24) is 4.90 Å². The monoisotopic (exact) mass is 216 g/mol. The van der Waals surface area contributed by atoms with E-state index in [-0.39, 0.29) is 0 Å². The van der Waals surface area contributed by atoms with Crippen molar-refractivity contribution < 1.29 is 0 Å². The van der Waals surface area contributed by atoms with E-state index in [4.69, 9.17) is 0 Å². The molecule has 2 aliphatic heterocycles. The number of benzene rings is 1. The number of piperidine rings is 1. The molecule has 2 saturated heterocycles. The Morgan fingerprint density at radius 1 is 1.00 bits per heavy atom. The summed E-state index contributed by atoms with van der Waals surface area (Å²) >= 11 is 0. The summed E-state index contributed by atoms with van der Waals surface area (Å²) in [5, 5.41) is 0. The topological polar surface area (TPSA) is 6.48 Å². The van der Waals surface area contributed by atoms with Gasteiger partial charge in [-0.2, -0.15) is 0 Å². The van der Waals surface area contributed by atoms with Crippen LogP contribution in [0.4, 0.5) is 5.69 Å². The van der Waals surface area contributed by atoms with Gasteiger partial charge < -0.3 is 9.80 Å². The lowest BCUT2D eigenvalue weighted by Gasteiger charge is -2.54. The van der Waals surface area contributed by atoms with Gasteiger partial charge in [0.2, 0.25) is 0 Å². The third-order valence-electron chi connectivity index (χ3n) is 4.22. The highest BCUT2D eigenvalue weighted by molar-refractivity contribution is 5.49. The summed E-state index contributed by atoms with van der Waals surface area (Å²) in [4.78, 5) is 4.97. The van der Waals surface area contributed by atoms with E-state index >= 15 is 0 Å². The van der Waals surface area contributed by atoms with Gasteiger partial charge in [0.25, 0.3) is 0 Å². The van der Waals surface area contributed by atoms with Crippen LogP contribution in [0.1, 0.15) is 12.8 Å². The molecule has 3 rings (SSSR count). The van der Waals surface area contributed by atoms with Crippen LogP contribution in [0.15, 0.2) is 30.3 Å². The highest BCUT2D eigenvalue weighted by Gasteiger charge is 2.44. The standard InChI is InChI=1S/C14H20N2/c1-15-9-7-14(8-10-15)11-16(12-14)13-5-3-2-4-6-13/h2-6H,7-12H2,1H3. The van der Waals surface area contributed by atoms with E-state index in [1.807, 2.05) is 0 Å². The van der Waals surface area contributed by atoms with Crippen molar-refractivity contribution in [3.63, 3.8) is 0 Å². The van der Waals surface area contributed by atoms with Crippen molar-refractivity contribution in [3.8, 4) is 0 Å². The quantitative estimate of drug-likeness (QED) is 0.710. The smallest absolute Gasteiger partial charge is 0.0366 e. The molecule has 2 heteroatoms. The second-order valence-corrected chi connectivity index (χ2v) is 5.49. The molecule has 2 fully saturated rings. The van der Waals surface area contributed by atoms with E-state index in [0.717, 1.165) is 0 Å². The number of hydrogen-bond acceptors (Lipinski definition) is 2. The number of nitrogens with zero attached hydrogens (tertiary/aromatic N) is 2. The van der Waals surface area contributed by atoms with E-state index < -0.39 is 0 Å². The van der Waals surface area contributed by atoms with Crippen LogP contribution in [0.5, 0.6) is 0 Å². The number of likely N-dealkylation sites (tertiary alicyclic amines) is 1. The Balaban J connectivity index is 1.62. The lowest BCUT2D eigenvalue weighted by atomic mass is 9.72. The summed E-state index contributed by atoms with van der Waals surface area (Å²) in [7, 11) is 2.24. The molecule has 0 amide bonds. The highest BCUT2D eigenvalue weighted by atomic mass is 15.2. The summed E-state index contributed by atoms with van der Waals surface area (Å²) in [6.07, 6.45) is 2.76. The molecule has 0 atom stereocenters. The molecule has 16 heavy (non-hydrogen) atoms. The van der Waals surface area contributed by atoms with Crippen LogP contribution in [0.2, 0.25) is 0 Å². The molecular formula is C14H20N2. The minimum absolute atomic E-state index is 0.641. The zero-order valence-electron chi connectivity index (χ0n) is 10.0. The fourth-order valence-corrected chi connectivity index (χ4v) is 2.99. The zero-order valence-corrected chi connectivity index (χ0v) is 10.0. The first-order valence-corrected chi connectivity index (χ1v) is 6.26. The Hall–Kier alpha value is -1.02. The lowest BCUT2D eigenvalue weighted by molar-refractivity contribution is 0.0906. The Morgan fingerprint density at radius 3 is 2.25 bits per heavy atom. The minimum atomic E-state index is 0.641. The largest absolute Gasteiger partial charge is 0.370 e. The van der Waals surface area contributed by atoms with E-state index in [0.29, 0.717) is 5.41 Å². The van der Waals surface area contributed by atoms with Gasteiger partial charge in [-0.3, -0.25) is 0 Å². The number of hydrogen-bond donors (Lipinski definition) is 0. The molecule has 0 N–H and O–H groups in total. The van der Waals surface area contributed by atoms with E-state index in [2.05, 4.69) is 47.2 Å². The molecule has 0 aromatic heterocycles. The van der Waals surface area contributed by atoms with Crippen molar-refractivity contribution in [2.75, 3.05) is 38.1 Å². The van der Waals surface area contributed by atoms with Crippen molar-refractivity contribution in [3.05, 3.63) is 30.3 Å². The fourth-order valence-electron chi connectivity index (χ4n) is 2.99. The molecule has 86 valence electrons. The van der Waals surface area contributed by atoms with Gasteiger partial charge in [0.15, 0.2) is 0 Å². The molecule has 0 saturated carbocycles. The Bertz CT molecular complexity index is 344. The van der Waals surface area contributed by atoms with E-state index in [1.165, 1.54) is 44.7 Å². The molecular weight excluding hydrogens is 196 g/mol. The van der Waals surface area contributed by atoms with E-state index in [1.54, 1.807) is 0 Å². The van der Waals surface area contributed by atoms with Crippen molar-refractivity contribution in [2.24, 2.45) is 5.41 Å². The number of para-hydroxylation sites is 1. The number of anilines is 1. The SMILES string of the molecule is CN1CCC2(CC1)CN(c1ccccc1)C2. The summed E-state index contributed by atoms with van der Waals surface area (Å²) in [5.74, 6) is 0. The first-order valence-electron chi connectivity index (χ1n) is 6.26. The average Bonchev–Trinajstić information content (AvgIpc) is 2.29. The predicted molar refractivity (Wildman–Crippen MR) is 67.8 cm³/mol. The maximum atomic E-state index is 2.52. The van der Waals surface area contributed by atoms with Crippen LogP contribution in [-0.4, -0.2) is 38.1 Å². The molecule has 1 aromatic carbocycles. The van der Waals surface area contributed by atoms with Crippen LogP contribution in [0, 0.1) is 5.41 Å².